The van der Waals surface area contributed by atoms with Gasteiger partial charge >= 0.3 is 6.09 Å². The Hall–Kier alpha value is -2.03. The van der Waals surface area contributed by atoms with Gasteiger partial charge in [-0.25, -0.2) is 4.79 Å². The summed E-state index contributed by atoms with van der Waals surface area (Å²) in [6, 6.07) is 8.33. The summed E-state index contributed by atoms with van der Waals surface area (Å²) >= 11 is 0. The van der Waals surface area contributed by atoms with E-state index in [2.05, 4.69) is 30.4 Å². The summed E-state index contributed by atoms with van der Waals surface area (Å²) in [6.45, 7) is 0.363. The van der Waals surface area contributed by atoms with Crippen molar-refractivity contribution in [3.05, 3.63) is 53.6 Å². The molecule has 0 fully saturated rings. The van der Waals surface area contributed by atoms with Crippen molar-refractivity contribution in [1.82, 2.24) is 0 Å². The van der Waals surface area contributed by atoms with E-state index >= 15 is 0 Å². The molecule has 0 radical (unpaired) electrons. The third kappa shape index (κ3) is 1.72. The van der Waals surface area contributed by atoms with Crippen molar-refractivity contribution in [2.45, 2.75) is 12.3 Å². The van der Waals surface area contributed by atoms with Crippen LogP contribution in [0.3, 0.4) is 0 Å². The topological polar surface area (TPSA) is 52.3 Å². The van der Waals surface area contributed by atoms with Gasteiger partial charge in [0.15, 0.2) is 0 Å². The van der Waals surface area contributed by atoms with E-state index < -0.39 is 6.09 Å². The lowest BCUT2D eigenvalue weighted by Crippen LogP contribution is -2.20. The number of benzene rings is 1. The van der Waals surface area contributed by atoms with E-state index in [1.807, 2.05) is 12.1 Å². The molecular formula is C15H15NO2. The van der Waals surface area contributed by atoms with Crippen molar-refractivity contribution < 1.29 is 9.53 Å². The molecule has 0 aliphatic heterocycles. The van der Waals surface area contributed by atoms with Crippen molar-refractivity contribution >= 4 is 11.7 Å². The molecule has 2 atom stereocenters. The molecule has 3 heteroatoms. The Morgan fingerprint density at radius 2 is 2.22 bits per heavy atom. The molecular weight excluding hydrogens is 226 g/mol. The molecule has 2 unspecified atom stereocenters. The molecule has 2 aliphatic carbocycles. The highest BCUT2D eigenvalue weighted by molar-refractivity contribution is 5.78. The second kappa shape index (κ2) is 4.33. The molecule has 1 aromatic carbocycles. The number of rotatable bonds is 2. The van der Waals surface area contributed by atoms with Crippen LogP contribution >= 0.6 is 0 Å². The lowest BCUT2D eigenvalue weighted by Gasteiger charge is -2.21. The fourth-order valence-corrected chi connectivity index (χ4v) is 3.00. The molecule has 18 heavy (non-hydrogen) atoms. The average Bonchev–Trinajstić information content (AvgIpc) is 2.71. The first-order chi connectivity index (χ1) is 8.77. The lowest BCUT2D eigenvalue weighted by molar-refractivity contribution is 0.144. The van der Waals surface area contributed by atoms with E-state index in [-0.39, 0.29) is 5.92 Å². The predicted molar refractivity (Wildman–Crippen MR) is 69.9 cm³/mol. The van der Waals surface area contributed by atoms with Crippen molar-refractivity contribution in [3.8, 4) is 0 Å². The Balaban J connectivity index is 1.97. The summed E-state index contributed by atoms with van der Waals surface area (Å²) in [6.07, 6.45) is 6.72. The first-order valence-electron chi connectivity index (χ1n) is 6.15. The van der Waals surface area contributed by atoms with Gasteiger partial charge in [-0.3, -0.25) is 0 Å². The van der Waals surface area contributed by atoms with Crippen LogP contribution in [-0.4, -0.2) is 12.7 Å². The minimum atomic E-state index is -0.698. The molecule has 0 bridgehead atoms. The van der Waals surface area contributed by atoms with Crippen LogP contribution in [0.1, 0.15) is 23.5 Å². The molecule has 2 aliphatic rings. The number of carbonyl (C=O) groups is 1. The van der Waals surface area contributed by atoms with Crippen LogP contribution in [0, 0.1) is 5.92 Å². The van der Waals surface area contributed by atoms with Crippen LogP contribution in [-0.2, 0) is 4.74 Å². The Bertz CT molecular complexity index is 545. The van der Waals surface area contributed by atoms with Crippen LogP contribution in [0.15, 0.2) is 42.5 Å². The maximum Gasteiger partial charge on any atom is 0.404 e. The van der Waals surface area contributed by atoms with Gasteiger partial charge in [-0.2, -0.15) is 0 Å². The number of allylic oxidation sites excluding steroid dienone is 4. The number of amides is 1. The number of nitrogens with two attached hydrogens (primary N) is 1. The molecule has 2 N–H and O–H groups in total. The van der Waals surface area contributed by atoms with Gasteiger partial charge in [0.25, 0.3) is 0 Å². The van der Waals surface area contributed by atoms with Crippen molar-refractivity contribution in [3.63, 3.8) is 0 Å². The number of hydrogen-bond acceptors (Lipinski definition) is 2. The van der Waals surface area contributed by atoms with Crippen molar-refractivity contribution in [2.75, 3.05) is 6.61 Å². The molecule has 92 valence electrons. The summed E-state index contributed by atoms with van der Waals surface area (Å²) in [5.74, 6) is 0.636. The third-order valence-electron chi connectivity index (χ3n) is 3.76. The standard InChI is InChI=1S/C15H15NO2/c16-15(17)18-9-14-12-7-3-1-5-10(12)11-6-2-4-8-13(11)14/h1-7,13-14H,8-9H2,(H2,16,17). The number of fused-ring (bicyclic) bond motifs is 3. The zero-order chi connectivity index (χ0) is 12.5. The lowest BCUT2D eigenvalue weighted by atomic mass is 9.86. The second-order valence-electron chi connectivity index (χ2n) is 4.72. The van der Waals surface area contributed by atoms with Gasteiger partial charge in [0.2, 0.25) is 0 Å². The highest BCUT2D eigenvalue weighted by Gasteiger charge is 2.36. The molecule has 0 saturated heterocycles. The predicted octanol–water partition coefficient (Wildman–Crippen LogP) is 2.84. The largest absolute Gasteiger partial charge is 0.449 e. The van der Waals surface area contributed by atoms with Gasteiger partial charge in [0.1, 0.15) is 6.61 Å². The number of hydrogen-bond donors (Lipinski definition) is 1. The molecule has 0 aromatic heterocycles. The fourth-order valence-electron chi connectivity index (χ4n) is 3.00. The van der Waals surface area contributed by atoms with E-state index in [1.54, 1.807) is 0 Å². The molecule has 3 nitrogen and oxygen atoms in total. The quantitative estimate of drug-likeness (QED) is 0.865. The number of carbonyl (C=O) groups excluding carboxylic acids is 1. The summed E-state index contributed by atoms with van der Waals surface area (Å²) < 4.78 is 5.02. The highest BCUT2D eigenvalue weighted by atomic mass is 16.5. The van der Waals surface area contributed by atoms with Crippen molar-refractivity contribution in [2.24, 2.45) is 11.7 Å². The van der Waals surface area contributed by atoms with Crippen LogP contribution in [0.2, 0.25) is 0 Å². The van der Waals surface area contributed by atoms with Crippen molar-refractivity contribution in [1.29, 1.82) is 0 Å². The first-order valence-corrected chi connectivity index (χ1v) is 6.15. The van der Waals surface area contributed by atoms with Crippen LogP contribution in [0.25, 0.3) is 5.57 Å². The Morgan fingerprint density at radius 1 is 1.39 bits per heavy atom. The van der Waals surface area contributed by atoms with Gasteiger partial charge < -0.3 is 10.5 Å². The Morgan fingerprint density at radius 3 is 3.06 bits per heavy atom. The zero-order valence-electron chi connectivity index (χ0n) is 10.0. The molecule has 3 rings (SSSR count). The summed E-state index contributed by atoms with van der Waals surface area (Å²) in [4.78, 5) is 10.8. The second-order valence-corrected chi connectivity index (χ2v) is 4.72. The van der Waals surface area contributed by atoms with Gasteiger partial charge in [-0.05, 0) is 29.0 Å². The first kappa shape index (κ1) is 11.1. The van der Waals surface area contributed by atoms with Gasteiger partial charge in [-0.15, -0.1) is 0 Å². The normalized spacial score (nSPS) is 24.1. The maximum atomic E-state index is 10.8. The smallest absolute Gasteiger partial charge is 0.404 e. The monoisotopic (exact) mass is 241 g/mol. The summed E-state index contributed by atoms with van der Waals surface area (Å²) in [5, 5.41) is 0. The summed E-state index contributed by atoms with van der Waals surface area (Å²) in [5.41, 5.74) is 8.97. The zero-order valence-corrected chi connectivity index (χ0v) is 10.0. The maximum absolute atomic E-state index is 10.8. The average molecular weight is 241 g/mol. The van der Waals surface area contributed by atoms with E-state index in [0.717, 1.165) is 6.42 Å². The van der Waals surface area contributed by atoms with E-state index in [1.165, 1.54) is 16.7 Å². The number of ether oxygens (including phenoxy) is 1. The van der Waals surface area contributed by atoms with Gasteiger partial charge in [0.05, 0.1) is 0 Å². The van der Waals surface area contributed by atoms with E-state index in [4.69, 9.17) is 10.5 Å². The highest BCUT2D eigenvalue weighted by Crippen LogP contribution is 2.48. The molecule has 1 aromatic rings. The third-order valence-corrected chi connectivity index (χ3v) is 3.76. The molecule has 0 heterocycles. The molecule has 0 spiro atoms. The SMILES string of the molecule is NC(=O)OCC1c2ccccc2C2=CC=CCC21. The summed E-state index contributed by atoms with van der Waals surface area (Å²) in [7, 11) is 0. The minimum absolute atomic E-state index is 0.227. The van der Waals surface area contributed by atoms with Crippen LogP contribution in [0.4, 0.5) is 4.79 Å². The molecule has 1 amide bonds. The van der Waals surface area contributed by atoms with Crippen LogP contribution in [0.5, 0.6) is 0 Å². The Kier molecular flexibility index (Phi) is 2.67. The fraction of sp³-hybridized carbons (Fsp3) is 0.267. The van der Waals surface area contributed by atoms with Gasteiger partial charge in [-0.1, -0.05) is 42.5 Å². The Labute approximate surface area is 106 Å². The van der Waals surface area contributed by atoms with Gasteiger partial charge in [0, 0.05) is 5.92 Å². The minimum Gasteiger partial charge on any atom is -0.449 e. The molecule has 0 saturated carbocycles. The van der Waals surface area contributed by atoms with Crippen LogP contribution < -0.4 is 5.73 Å². The van der Waals surface area contributed by atoms with E-state index in [9.17, 15) is 4.79 Å². The number of primary amides is 1. The van der Waals surface area contributed by atoms with E-state index in [0.29, 0.717) is 12.5 Å².